The van der Waals surface area contributed by atoms with Gasteiger partial charge >= 0.3 is 0 Å². The summed E-state index contributed by atoms with van der Waals surface area (Å²) in [6, 6.07) is 13.5. The molecule has 19 heavy (non-hydrogen) atoms. The monoisotopic (exact) mass is 257 g/mol. The van der Waals surface area contributed by atoms with E-state index < -0.39 is 5.54 Å². The van der Waals surface area contributed by atoms with Crippen molar-refractivity contribution in [1.82, 2.24) is 4.90 Å². The normalized spacial score (nSPS) is 11.6. The molecule has 0 bridgehead atoms. The Balaban J connectivity index is 2.48. The quantitative estimate of drug-likeness (QED) is 0.918. The number of benzene rings is 2. The summed E-state index contributed by atoms with van der Waals surface area (Å²) in [7, 11) is 1.72. The molecular weight excluding hydrogens is 238 g/mol. The van der Waals surface area contributed by atoms with Crippen molar-refractivity contribution >= 4 is 16.7 Å². The van der Waals surface area contributed by atoms with Crippen LogP contribution in [0.3, 0.4) is 0 Å². The highest BCUT2D eigenvalue weighted by Crippen LogP contribution is 2.22. The van der Waals surface area contributed by atoms with E-state index in [4.69, 9.17) is 0 Å². The number of aliphatic hydroxyl groups excluding tert-OH is 1. The number of rotatable bonds is 3. The first-order valence-corrected chi connectivity index (χ1v) is 6.34. The van der Waals surface area contributed by atoms with Crippen LogP contribution in [0.4, 0.5) is 0 Å². The summed E-state index contributed by atoms with van der Waals surface area (Å²) < 4.78 is 0. The molecule has 3 nitrogen and oxygen atoms in total. The number of carbonyl (C=O) groups is 1. The van der Waals surface area contributed by atoms with E-state index in [-0.39, 0.29) is 12.5 Å². The average molecular weight is 257 g/mol. The van der Waals surface area contributed by atoms with E-state index in [1.165, 1.54) is 0 Å². The Morgan fingerprint density at radius 2 is 1.79 bits per heavy atom. The number of hydrogen-bond donors (Lipinski definition) is 1. The standard InChI is InChI=1S/C16H19NO2/c1-16(2,11-18)17(3)15(19)14-10-6-8-12-7-4-5-9-13(12)14/h4-10,18H,11H2,1-3H3. The third kappa shape index (κ3) is 2.47. The molecule has 1 N–H and O–H groups in total. The lowest BCUT2D eigenvalue weighted by atomic mass is 10.00. The molecule has 0 spiro atoms. The van der Waals surface area contributed by atoms with Crippen molar-refractivity contribution in [2.24, 2.45) is 0 Å². The van der Waals surface area contributed by atoms with Crippen LogP contribution in [0.5, 0.6) is 0 Å². The fourth-order valence-electron chi connectivity index (χ4n) is 1.97. The van der Waals surface area contributed by atoms with Gasteiger partial charge in [0, 0.05) is 12.6 Å². The highest BCUT2D eigenvalue weighted by Gasteiger charge is 2.28. The van der Waals surface area contributed by atoms with Crippen LogP contribution < -0.4 is 0 Å². The summed E-state index contributed by atoms with van der Waals surface area (Å²) in [5.41, 5.74) is 0.0933. The van der Waals surface area contributed by atoms with Gasteiger partial charge in [-0.05, 0) is 30.7 Å². The van der Waals surface area contributed by atoms with Crippen LogP contribution in [0.15, 0.2) is 42.5 Å². The molecule has 0 saturated heterocycles. The van der Waals surface area contributed by atoms with Crippen LogP contribution in [-0.4, -0.2) is 35.1 Å². The molecular formula is C16H19NO2. The summed E-state index contributed by atoms with van der Waals surface area (Å²) in [6.07, 6.45) is 0. The van der Waals surface area contributed by atoms with Gasteiger partial charge in [-0.2, -0.15) is 0 Å². The summed E-state index contributed by atoms with van der Waals surface area (Å²) in [5.74, 6) is -0.0733. The van der Waals surface area contributed by atoms with Crippen molar-refractivity contribution in [2.45, 2.75) is 19.4 Å². The number of carbonyl (C=O) groups excluding carboxylic acids is 1. The predicted octanol–water partition coefficient (Wildman–Crippen LogP) is 2.68. The molecule has 0 radical (unpaired) electrons. The minimum Gasteiger partial charge on any atom is -0.394 e. The van der Waals surface area contributed by atoms with Gasteiger partial charge in [0.05, 0.1) is 12.1 Å². The Labute approximate surface area is 113 Å². The molecule has 100 valence electrons. The molecule has 2 aromatic rings. The van der Waals surface area contributed by atoms with Crippen LogP contribution in [-0.2, 0) is 0 Å². The Hall–Kier alpha value is -1.87. The van der Waals surface area contributed by atoms with Crippen molar-refractivity contribution in [2.75, 3.05) is 13.7 Å². The second kappa shape index (κ2) is 5.02. The first-order chi connectivity index (χ1) is 8.97. The molecule has 1 amide bonds. The van der Waals surface area contributed by atoms with Crippen LogP contribution >= 0.6 is 0 Å². The molecule has 2 rings (SSSR count). The van der Waals surface area contributed by atoms with Gasteiger partial charge in [0.2, 0.25) is 0 Å². The van der Waals surface area contributed by atoms with E-state index in [9.17, 15) is 9.90 Å². The van der Waals surface area contributed by atoms with E-state index >= 15 is 0 Å². The minimum atomic E-state index is -0.575. The maximum absolute atomic E-state index is 12.6. The van der Waals surface area contributed by atoms with Crippen molar-refractivity contribution in [1.29, 1.82) is 0 Å². The lowest BCUT2D eigenvalue weighted by Crippen LogP contribution is -2.47. The maximum Gasteiger partial charge on any atom is 0.254 e. The highest BCUT2D eigenvalue weighted by molar-refractivity contribution is 6.07. The third-order valence-electron chi connectivity index (χ3n) is 3.62. The smallest absolute Gasteiger partial charge is 0.254 e. The predicted molar refractivity (Wildman–Crippen MR) is 77.2 cm³/mol. The first kappa shape index (κ1) is 13.6. The second-order valence-electron chi connectivity index (χ2n) is 5.36. The van der Waals surface area contributed by atoms with Crippen molar-refractivity contribution < 1.29 is 9.90 Å². The van der Waals surface area contributed by atoms with Gasteiger partial charge < -0.3 is 10.0 Å². The van der Waals surface area contributed by atoms with Crippen LogP contribution in [0.1, 0.15) is 24.2 Å². The first-order valence-electron chi connectivity index (χ1n) is 6.34. The number of likely N-dealkylation sites (N-methyl/N-ethyl adjacent to an activating group) is 1. The summed E-state index contributed by atoms with van der Waals surface area (Å²) in [6.45, 7) is 3.62. The molecule has 0 aromatic heterocycles. The van der Waals surface area contributed by atoms with E-state index in [1.54, 1.807) is 11.9 Å². The molecule has 0 aliphatic carbocycles. The molecule has 0 aliphatic rings. The number of aliphatic hydroxyl groups is 1. The van der Waals surface area contributed by atoms with E-state index in [0.717, 1.165) is 10.8 Å². The number of nitrogens with zero attached hydrogens (tertiary/aromatic N) is 1. The minimum absolute atomic E-state index is 0.0694. The van der Waals surface area contributed by atoms with Crippen LogP contribution in [0, 0.1) is 0 Å². The van der Waals surface area contributed by atoms with Crippen molar-refractivity contribution in [3.05, 3.63) is 48.0 Å². The lowest BCUT2D eigenvalue weighted by Gasteiger charge is -2.34. The van der Waals surface area contributed by atoms with Crippen LogP contribution in [0.25, 0.3) is 10.8 Å². The summed E-state index contributed by atoms with van der Waals surface area (Å²) in [5, 5.41) is 11.4. The molecule has 0 unspecified atom stereocenters. The zero-order valence-electron chi connectivity index (χ0n) is 11.6. The average Bonchev–Trinajstić information content (AvgIpc) is 2.45. The Morgan fingerprint density at radius 3 is 2.47 bits per heavy atom. The molecule has 0 saturated carbocycles. The Bertz CT molecular complexity index is 599. The van der Waals surface area contributed by atoms with Gasteiger partial charge in [-0.15, -0.1) is 0 Å². The summed E-state index contributed by atoms with van der Waals surface area (Å²) in [4.78, 5) is 14.2. The molecule has 0 heterocycles. The largest absolute Gasteiger partial charge is 0.394 e. The Morgan fingerprint density at radius 1 is 1.16 bits per heavy atom. The SMILES string of the molecule is CN(C(=O)c1cccc2ccccc12)C(C)(C)CO. The molecule has 0 fully saturated rings. The van der Waals surface area contributed by atoms with Gasteiger partial charge in [0.15, 0.2) is 0 Å². The van der Waals surface area contributed by atoms with E-state index in [2.05, 4.69) is 0 Å². The zero-order chi connectivity index (χ0) is 14.0. The second-order valence-corrected chi connectivity index (χ2v) is 5.36. The van der Waals surface area contributed by atoms with Gasteiger partial charge in [-0.3, -0.25) is 4.79 Å². The highest BCUT2D eigenvalue weighted by atomic mass is 16.3. The lowest BCUT2D eigenvalue weighted by molar-refractivity contribution is 0.0475. The van der Waals surface area contributed by atoms with Gasteiger partial charge in [-0.25, -0.2) is 0 Å². The number of hydrogen-bond acceptors (Lipinski definition) is 2. The van der Waals surface area contributed by atoms with E-state index in [0.29, 0.717) is 5.56 Å². The third-order valence-corrected chi connectivity index (χ3v) is 3.62. The molecule has 3 heteroatoms. The number of amides is 1. The van der Waals surface area contributed by atoms with Crippen molar-refractivity contribution in [3.8, 4) is 0 Å². The van der Waals surface area contributed by atoms with E-state index in [1.807, 2.05) is 56.3 Å². The van der Waals surface area contributed by atoms with Gasteiger partial charge in [-0.1, -0.05) is 36.4 Å². The molecule has 0 atom stereocenters. The van der Waals surface area contributed by atoms with Crippen LogP contribution in [0.2, 0.25) is 0 Å². The zero-order valence-corrected chi connectivity index (χ0v) is 11.6. The van der Waals surface area contributed by atoms with Gasteiger partial charge in [0.1, 0.15) is 0 Å². The maximum atomic E-state index is 12.6. The fourth-order valence-corrected chi connectivity index (χ4v) is 1.97. The topological polar surface area (TPSA) is 40.5 Å². The van der Waals surface area contributed by atoms with Gasteiger partial charge in [0.25, 0.3) is 5.91 Å². The number of fused-ring (bicyclic) bond motifs is 1. The summed E-state index contributed by atoms with van der Waals surface area (Å²) >= 11 is 0. The van der Waals surface area contributed by atoms with Crippen molar-refractivity contribution in [3.63, 3.8) is 0 Å². The Kier molecular flexibility index (Phi) is 3.58. The molecule has 0 aliphatic heterocycles. The fraction of sp³-hybridized carbons (Fsp3) is 0.312. The molecule has 2 aromatic carbocycles.